The van der Waals surface area contributed by atoms with Crippen LogP contribution >= 0.6 is 23.5 Å². The highest BCUT2D eigenvalue weighted by Crippen LogP contribution is 2.31. The molecule has 0 unspecified atom stereocenters. The van der Waals surface area contributed by atoms with Crippen LogP contribution in [0.2, 0.25) is 0 Å². The van der Waals surface area contributed by atoms with Crippen LogP contribution in [0.25, 0.3) is 0 Å². The second kappa shape index (κ2) is 10.2. The highest BCUT2D eigenvalue weighted by atomic mass is 32.2. The maximum Gasteiger partial charge on any atom is 0.122 e. The van der Waals surface area contributed by atoms with E-state index in [9.17, 15) is 0 Å². The molecule has 4 aliphatic heterocycles. The van der Waals surface area contributed by atoms with Gasteiger partial charge in [0.1, 0.15) is 11.5 Å². The van der Waals surface area contributed by atoms with E-state index >= 15 is 0 Å². The molecule has 4 heterocycles. The molecule has 4 bridgehead atoms. The van der Waals surface area contributed by atoms with Crippen molar-refractivity contribution in [1.82, 2.24) is 0 Å². The summed E-state index contributed by atoms with van der Waals surface area (Å²) >= 11 is 4.02. The van der Waals surface area contributed by atoms with Crippen molar-refractivity contribution in [2.75, 3.05) is 25.7 Å². The van der Waals surface area contributed by atoms with Crippen LogP contribution in [-0.4, -0.2) is 25.7 Å². The molecular weight excluding hydrogens is 360 g/mol. The Morgan fingerprint density at radius 2 is 1.12 bits per heavy atom. The molecule has 140 valence electrons. The molecule has 0 saturated carbocycles. The van der Waals surface area contributed by atoms with Crippen LogP contribution < -0.4 is 9.47 Å². The van der Waals surface area contributed by atoms with Crippen LogP contribution in [0.15, 0.2) is 36.4 Å². The molecule has 0 aliphatic carbocycles. The molecule has 4 heteroatoms. The van der Waals surface area contributed by atoms with Gasteiger partial charge >= 0.3 is 0 Å². The van der Waals surface area contributed by atoms with E-state index in [2.05, 4.69) is 36.4 Å². The molecule has 2 aromatic rings. The number of benzene rings is 2. The molecule has 0 aromatic heterocycles. The quantitative estimate of drug-likeness (QED) is 0.652. The SMILES string of the molecule is COc1cc2c(OC)cc1CCCSCc1ccc(cc1)CSCCC2. The molecule has 2 aromatic carbocycles. The van der Waals surface area contributed by atoms with Crippen LogP contribution in [0.1, 0.15) is 35.1 Å². The minimum Gasteiger partial charge on any atom is -0.496 e. The van der Waals surface area contributed by atoms with Crippen molar-refractivity contribution < 1.29 is 9.47 Å². The molecular formula is C22H28O2S2. The van der Waals surface area contributed by atoms with Crippen molar-refractivity contribution in [3.8, 4) is 11.5 Å². The van der Waals surface area contributed by atoms with Crippen molar-refractivity contribution in [2.24, 2.45) is 0 Å². The van der Waals surface area contributed by atoms with Gasteiger partial charge < -0.3 is 9.47 Å². The zero-order valence-corrected chi connectivity index (χ0v) is 17.4. The number of hydrogen-bond acceptors (Lipinski definition) is 4. The van der Waals surface area contributed by atoms with Crippen LogP contribution in [-0.2, 0) is 24.3 Å². The number of rotatable bonds is 2. The highest BCUT2D eigenvalue weighted by molar-refractivity contribution is 7.98. The zero-order chi connectivity index (χ0) is 18.2. The summed E-state index contributed by atoms with van der Waals surface area (Å²) in [5.41, 5.74) is 5.36. The molecule has 0 radical (unpaired) electrons. The van der Waals surface area contributed by atoms with Gasteiger partial charge in [0.05, 0.1) is 14.2 Å². The maximum atomic E-state index is 5.66. The van der Waals surface area contributed by atoms with Crippen LogP contribution in [0.3, 0.4) is 0 Å². The zero-order valence-electron chi connectivity index (χ0n) is 15.8. The fourth-order valence-corrected chi connectivity index (χ4v) is 5.10. The van der Waals surface area contributed by atoms with E-state index in [0.717, 1.165) is 60.2 Å². The minimum atomic E-state index is 1.01. The average molecular weight is 389 g/mol. The first kappa shape index (κ1) is 19.5. The molecule has 0 atom stereocenters. The summed E-state index contributed by atoms with van der Waals surface area (Å²) in [6.45, 7) is 0. The van der Waals surface area contributed by atoms with E-state index in [4.69, 9.17) is 9.47 Å². The van der Waals surface area contributed by atoms with Crippen molar-refractivity contribution in [3.05, 3.63) is 58.7 Å². The standard InChI is InChI=1S/C22H28O2S2/c1-23-21-13-20-6-4-12-26-16-18-9-7-17(8-10-18)15-25-11-3-5-19(21)14-22(20)24-2/h7-10,13-14H,3-6,11-12,15-16H2,1-2H3. The van der Waals surface area contributed by atoms with E-state index in [-0.39, 0.29) is 0 Å². The molecule has 0 amide bonds. The first-order valence-electron chi connectivity index (χ1n) is 9.27. The van der Waals surface area contributed by atoms with Gasteiger partial charge in [-0.2, -0.15) is 23.5 Å². The number of thioether (sulfide) groups is 2. The summed E-state index contributed by atoms with van der Waals surface area (Å²) < 4.78 is 11.3. The van der Waals surface area contributed by atoms with Crippen LogP contribution in [0.5, 0.6) is 11.5 Å². The van der Waals surface area contributed by atoms with Gasteiger partial charge in [-0.1, -0.05) is 24.3 Å². The van der Waals surface area contributed by atoms with E-state index < -0.39 is 0 Å². The van der Waals surface area contributed by atoms with Gasteiger partial charge in [0.25, 0.3) is 0 Å². The van der Waals surface area contributed by atoms with Crippen molar-refractivity contribution in [1.29, 1.82) is 0 Å². The average Bonchev–Trinajstić information content (AvgIpc) is 2.68. The Labute approximate surface area is 166 Å². The number of methoxy groups -OCH3 is 2. The van der Waals surface area contributed by atoms with Gasteiger partial charge in [-0.15, -0.1) is 0 Å². The second-order valence-corrected chi connectivity index (χ2v) is 8.82. The highest BCUT2D eigenvalue weighted by Gasteiger charge is 2.11. The lowest BCUT2D eigenvalue weighted by Crippen LogP contribution is -2.00. The Kier molecular flexibility index (Phi) is 7.63. The van der Waals surface area contributed by atoms with Gasteiger partial charge in [0, 0.05) is 11.5 Å². The number of ether oxygens (including phenoxy) is 2. The molecule has 6 rings (SSSR count). The molecule has 26 heavy (non-hydrogen) atoms. The van der Waals surface area contributed by atoms with Gasteiger partial charge in [-0.25, -0.2) is 0 Å². The molecule has 0 fully saturated rings. The number of hydrogen-bond donors (Lipinski definition) is 0. The van der Waals surface area contributed by atoms with Gasteiger partial charge in [0.15, 0.2) is 0 Å². The molecule has 0 N–H and O–H groups in total. The third-order valence-electron chi connectivity index (χ3n) is 4.71. The van der Waals surface area contributed by atoms with Gasteiger partial charge in [-0.3, -0.25) is 0 Å². The Balaban J connectivity index is 1.75. The maximum absolute atomic E-state index is 5.66. The lowest BCUT2D eigenvalue weighted by Gasteiger charge is -2.15. The Morgan fingerprint density at radius 3 is 1.50 bits per heavy atom. The Morgan fingerprint density at radius 1 is 0.692 bits per heavy atom. The minimum absolute atomic E-state index is 1.01. The van der Waals surface area contributed by atoms with Crippen molar-refractivity contribution in [2.45, 2.75) is 37.2 Å². The third kappa shape index (κ3) is 5.37. The first-order valence-corrected chi connectivity index (χ1v) is 11.6. The lowest BCUT2D eigenvalue weighted by molar-refractivity contribution is 0.394. The van der Waals surface area contributed by atoms with E-state index in [1.165, 1.54) is 22.3 Å². The topological polar surface area (TPSA) is 18.5 Å². The largest absolute Gasteiger partial charge is 0.496 e. The molecule has 0 spiro atoms. The summed E-state index contributed by atoms with van der Waals surface area (Å²) in [6, 6.07) is 13.5. The van der Waals surface area contributed by atoms with E-state index in [1.54, 1.807) is 14.2 Å². The van der Waals surface area contributed by atoms with Crippen LogP contribution in [0, 0.1) is 0 Å². The van der Waals surface area contributed by atoms with Crippen molar-refractivity contribution in [3.63, 3.8) is 0 Å². The number of aryl methyl sites for hydroxylation is 2. The Bertz CT molecular complexity index is 637. The normalized spacial score (nSPS) is 16.1. The first-order chi connectivity index (χ1) is 12.8. The lowest BCUT2D eigenvalue weighted by atomic mass is 10.0. The predicted molar refractivity (Wildman–Crippen MR) is 115 cm³/mol. The van der Waals surface area contributed by atoms with Gasteiger partial charge in [0.2, 0.25) is 0 Å². The van der Waals surface area contributed by atoms with E-state index in [0.29, 0.717) is 0 Å². The fraction of sp³-hybridized carbons (Fsp3) is 0.455. The summed E-state index contributed by atoms with van der Waals surface area (Å²) in [5.74, 6) is 6.51. The Hall–Kier alpha value is -1.26. The molecule has 0 saturated heterocycles. The summed E-state index contributed by atoms with van der Waals surface area (Å²) in [4.78, 5) is 0. The fourth-order valence-electron chi connectivity index (χ4n) is 3.26. The second-order valence-electron chi connectivity index (χ2n) is 6.60. The van der Waals surface area contributed by atoms with Gasteiger partial charge in [-0.05, 0) is 71.6 Å². The summed E-state index contributed by atoms with van der Waals surface area (Å²) in [5, 5.41) is 0. The molecule has 4 aliphatic rings. The third-order valence-corrected chi connectivity index (χ3v) is 6.94. The predicted octanol–water partition coefficient (Wildman–Crippen LogP) is 5.75. The summed E-state index contributed by atoms with van der Waals surface area (Å²) in [6.07, 6.45) is 4.36. The monoisotopic (exact) mass is 388 g/mol. The smallest absolute Gasteiger partial charge is 0.122 e. The van der Waals surface area contributed by atoms with Crippen molar-refractivity contribution >= 4 is 23.5 Å². The van der Waals surface area contributed by atoms with Crippen LogP contribution in [0.4, 0.5) is 0 Å². The summed E-state index contributed by atoms with van der Waals surface area (Å²) in [7, 11) is 3.55. The molecule has 2 nitrogen and oxygen atoms in total. The van der Waals surface area contributed by atoms with E-state index in [1.807, 2.05) is 23.5 Å².